The molecule has 4 N–H and O–H groups in total. The molecule has 0 aromatic carbocycles. The van der Waals surface area contributed by atoms with Gasteiger partial charge in [-0.2, -0.15) is 11.8 Å². The monoisotopic (exact) mass is 290 g/mol. The largest absolute Gasteiger partial charge is 0.396 e. The molecule has 0 radical (unpaired) electrons. The summed E-state index contributed by atoms with van der Waals surface area (Å²) in [6.07, 6.45) is 2.50. The lowest BCUT2D eigenvalue weighted by Gasteiger charge is -2.18. The summed E-state index contributed by atoms with van der Waals surface area (Å²) in [5.41, 5.74) is 5.44. The molecule has 0 saturated carbocycles. The average molecular weight is 291 g/mol. The van der Waals surface area contributed by atoms with Crippen molar-refractivity contribution in [1.29, 1.82) is 0 Å². The van der Waals surface area contributed by atoms with Gasteiger partial charge in [0.25, 0.3) is 5.91 Å². The average Bonchev–Trinajstić information content (AvgIpc) is 2.32. The van der Waals surface area contributed by atoms with Crippen molar-refractivity contribution in [2.45, 2.75) is 12.5 Å². The Morgan fingerprint density at radius 2 is 2.39 bits per heavy atom. The number of amides is 1. The van der Waals surface area contributed by atoms with Crippen LogP contribution in [0.5, 0.6) is 0 Å². The second-order valence-electron chi connectivity index (χ2n) is 3.60. The molecule has 0 aliphatic rings. The van der Waals surface area contributed by atoms with Crippen molar-refractivity contribution in [3.05, 3.63) is 16.8 Å². The van der Waals surface area contributed by atoms with E-state index < -0.39 is 5.91 Å². The van der Waals surface area contributed by atoms with E-state index in [9.17, 15) is 4.79 Å². The molecule has 8 heteroatoms. The van der Waals surface area contributed by atoms with Crippen molar-refractivity contribution in [3.63, 3.8) is 0 Å². The minimum atomic E-state index is -0.624. The molecule has 1 amide bonds. The van der Waals surface area contributed by atoms with E-state index in [1.807, 2.05) is 6.26 Å². The van der Waals surface area contributed by atoms with Crippen molar-refractivity contribution >= 4 is 35.1 Å². The summed E-state index contributed by atoms with van der Waals surface area (Å²) >= 11 is 7.29. The number of hydrogen-bond donors (Lipinski definition) is 3. The molecule has 0 aliphatic heterocycles. The van der Waals surface area contributed by atoms with E-state index in [0.29, 0.717) is 12.2 Å². The highest BCUT2D eigenvalue weighted by Crippen LogP contribution is 2.17. The Bertz CT molecular complexity index is 413. The Morgan fingerprint density at radius 1 is 1.67 bits per heavy atom. The molecule has 1 aromatic rings. The molecular weight excluding hydrogens is 276 g/mol. The van der Waals surface area contributed by atoms with E-state index in [4.69, 9.17) is 22.4 Å². The van der Waals surface area contributed by atoms with Gasteiger partial charge in [0.15, 0.2) is 11.0 Å². The zero-order chi connectivity index (χ0) is 13.5. The summed E-state index contributed by atoms with van der Waals surface area (Å²) in [5.74, 6) is 0.434. The third kappa shape index (κ3) is 4.32. The molecule has 18 heavy (non-hydrogen) atoms. The van der Waals surface area contributed by atoms with Crippen LogP contribution < -0.4 is 11.1 Å². The Balaban J connectivity index is 2.90. The Hall–Kier alpha value is -1.05. The summed E-state index contributed by atoms with van der Waals surface area (Å²) < 4.78 is 0. The minimum Gasteiger partial charge on any atom is -0.396 e. The number of halogens is 1. The van der Waals surface area contributed by atoms with Gasteiger partial charge in [-0.1, -0.05) is 11.6 Å². The van der Waals surface area contributed by atoms with Gasteiger partial charge in [0.1, 0.15) is 0 Å². The molecule has 1 atom stereocenters. The maximum absolute atomic E-state index is 11.3. The number of thioether (sulfide) groups is 1. The molecule has 0 aliphatic carbocycles. The van der Waals surface area contributed by atoms with Gasteiger partial charge < -0.3 is 16.2 Å². The van der Waals surface area contributed by atoms with Crippen LogP contribution >= 0.6 is 23.4 Å². The fourth-order valence-corrected chi connectivity index (χ4v) is 2.21. The van der Waals surface area contributed by atoms with E-state index in [2.05, 4.69) is 15.5 Å². The predicted octanol–water partition coefficient (Wildman–Crippen LogP) is 0.755. The van der Waals surface area contributed by atoms with Crippen LogP contribution in [0.1, 0.15) is 16.8 Å². The number of carbonyl (C=O) groups excluding carboxylic acids is 1. The topological polar surface area (TPSA) is 101 Å². The first-order valence-corrected chi connectivity index (χ1v) is 7.05. The van der Waals surface area contributed by atoms with Crippen LogP contribution in [-0.4, -0.2) is 45.9 Å². The molecule has 0 saturated heterocycles. The van der Waals surface area contributed by atoms with Crippen LogP contribution in [0.2, 0.25) is 5.15 Å². The molecule has 1 heterocycles. The van der Waals surface area contributed by atoms with Gasteiger partial charge in [-0.25, -0.2) is 0 Å². The van der Waals surface area contributed by atoms with E-state index in [-0.39, 0.29) is 23.4 Å². The van der Waals surface area contributed by atoms with Crippen molar-refractivity contribution in [2.75, 3.05) is 23.9 Å². The molecular formula is C10H15ClN4O2S. The van der Waals surface area contributed by atoms with Gasteiger partial charge in [0.2, 0.25) is 0 Å². The van der Waals surface area contributed by atoms with Gasteiger partial charge in [-0.05, 0) is 18.7 Å². The van der Waals surface area contributed by atoms with E-state index >= 15 is 0 Å². The third-order valence-corrected chi connectivity index (χ3v) is 3.14. The minimum absolute atomic E-state index is 0.0152. The van der Waals surface area contributed by atoms with Crippen LogP contribution in [0.3, 0.4) is 0 Å². The number of aliphatic hydroxyl groups is 1. The SMILES string of the molecule is CSCC(CCO)Nc1nnc(Cl)cc1C(N)=O. The molecule has 1 aromatic heterocycles. The lowest BCUT2D eigenvalue weighted by molar-refractivity contribution is 0.100. The lowest BCUT2D eigenvalue weighted by atomic mass is 10.2. The lowest BCUT2D eigenvalue weighted by Crippen LogP contribution is -2.26. The number of nitrogens with zero attached hydrogens (tertiary/aromatic N) is 2. The first-order chi connectivity index (χ1) is 8.58. The quantitative estimate of drug-likeness (QED) is 0.685. The number of primary amides is 1. The van der Waals surface area contributed by atoms with E-state index in [1.54, 1.807) is 11.8 Å². The number of nitrogens with two attached hydrogens (primary N) is 1. The number of rotatable bonds is 7. The molecule has 1 rings (SSSR count). The number of nitrogens with one attached hydrogen (secondary N) is 1. The zero-order valence-corrected chi connectivity index (χ0v) is 11.5. The standard InChI is InChI=1S/C10H15ClN4O2S/c1-18-5-6(2-3-16)13-10-7(9(12)17)4-8(11)14-15-10/h4,6,16H,2-3,5H2,1H3,(H2,12,17)(H,13,15). The van der Waals surface area contributed by atoms with E-state index in [1.165, 1.54) is 6.07 Å². The molecule has 100 valence electrons. The Kier molecular flexibility index (Phi) is 6.17. The van der Waals surface area contributed by atoms with Gasteiger partial charge in [0, 0.05) is 18.4 Å². The number of aliphatic hydroxyl groups excluding tert-OH is 1. The zero-order valence-electron chi connectivity index (χ0n) is 9.89. The second-order valence-corrected chi connectivity index (χ2v) is 4.90. The van der Waals surface area contributed by atoms with E-state index in [0.717, 1.165) is 5.75 Å². The molecule has 1 unspecified atom stereocenters. The highest BCUT2D eigenvalue weighted by Gasteiger charge is 2.15. The second kappa shape index (κ2) is 7.40. The predicted molar refractivity (Wildman–Crippen MR) is 73.1 cm³/mol. The maximum Gasteiger partial charge on any atom is 0.252 e. The van der Waals surface area contributed by atoms with Crippen LogP contribution in [0.4, 0.5) is 5.82 Å². The normalized spacial score (nSPS) is 12.2. The number of carbonyl (C=O) groups is 1. The fraction of sp³-hybridized carbons (Fsp3) is 0.500. The summed E-state index contributed by atoms with van der Waals surface area (Å²) in [6, 6.07) is 1.35. The Labute approximate surface area is 114 Å². The summed E-state index contributed by atoms with van der Waals surface area (Å²) in [6.45, 7) is 0.0468. The van der Waals surface area contributed by atoms with Gasteiger partial charge >= 0.3 is 0 Å². The van der Waals surface area contributed by atoms with Crippen LogP contribution in [0.15, 0.2) is 6.07 Å². The van der Waals surface area contributed by atoms with Crippen LogP contribution in [-0.2, 0) is 0 Å². The fourth-order valence-electron chi connectivity index (χ4n) is 1.41. The Morgan fingerprint density at radius 3 is 2.94 bits per heavy atom. The first-order valence-electron chi connectivity index (χ1n) is 5.27. The van der Waals surface area contributed by atoms with Crippen molar-refractivity contribution in [1.82, 2.24) is 10.2 Å². The molecule has 6 nitrogen and oxygen atoms in total. The maximum atomic E-state index is 11.3. The van der Waals surface area contributed by atoms with Crippen molar-refractivity contribution in [3.8, 4) is 0 Å². The third-order valence-electron chi connectivity index (χ3n) is 2.22. The summed E-state index contributed by atoms with van der Waals surface area (Å²) in [5, 5.41) is 19.6. The number of aromatic nitrogens is 2. The smallest absolute Gasteiger partial charge is 0.252 e. The van der Waals surface area contributed by atoms with Crippen LogP contribution in [0, 0.1) is 0 Å². The van der Waals surface area contributed by atoms with Gasteiger partial charge in [-0.3, -0.25) is 4.79 Å². The van der Waals surface area contributed by atoms with Gasteiger partial charge in [-0.15, -0.1) is 10.2 Å². The number of hydrogen-bond acceptors (Lipinski definition) is 6. The number of anilines is 1. The highest BCUT2D eigenvalue weighted by molar-refractivity contribution is 7.98. The summed E-state index contributed by atoms with van der Waals surface area (Å²) in [4.78, 5) is 11.3. The molecule has 0 spiro atoms. The van der Waals surface area contributed by atoms with Crippen molar-refractivity contribution < 1.29 is 9.90 Å². The summed E-state index contributed by atoms with van der Waals surface area (Å²) in [7, 11) is 0. The highest BCUT2D eigenvalue weighted by atomic mass is 35.5. The first kappa shape index (κ1) is 15.0. The van der Waals surface area contributed by atoms with Gasteiger partial charge in [0.05, 0.1) is 5.56 Å². The van der Waals surface area contributed by atoms with Crippen molar-refractivity contribution in [2.24, 2.45) is 5.73 Å². The molecule has 0 bridgehead atoms. The van der Waals surface area contributed by atoms with Crippen LogP contribution in [0.25, 0.3) is 0 Å². The molecule has 0 fully saturated rings.